The van der Waals surface area contributed by atoms with E-state index >= 15 is 0 Å². The molecule has 0 saturated carbocycles. The molecule has 6 heteroatoms. The summed E-state index contributed by atoms with van der Waals surface area (Å²) in [7, 11) is 0. The molecule has 2 heterocycles. The highest BCUT2D eigenvalue weighted by Crippen LogP contribution is 2.31. The largest absolute Gasteiger partial charge is 0.377 e. The third-order valence-corrected chi connectivity index (χ3v) is 5.42. The molecule has 1 amide bonds. The minimum atomic E-state index is -0.0686. The standard InChI is InChI=1S/C20H23N3O2S/c1-5-25-11-16-8-6-15(7-9-16)10-21-19(24)18-12(2)17-13(3)22-14(4)23-20(17)26-18/h6-9H,5,10-11H2,1-4H3,(H,21,24). The highest BCUT2D eigenvalue weighted by Gasteiger charge is 2.18. The Kier molecular flexibility index (Phi) is 5.64. The van der Waals surface area contributed by atoms with E-state index in [1.165, 1.54) is 11.3 Å². The molecule has 0 spiro atoms. The van der Waals surface area contributed by atoms with E-state index in [1.54, 1.807) is 0 Å². The normalized spacial score (nSPS) is 11.1. The summed E-state index contributed by atoms with van der Waals surface area (Å²) in [5, 5.41) is 4.00. The number of ether oxygens (including phenoxy) is 1. The molecule has 2 aromatic heterocycles. The van der Waals surface area contributed by atoms with E-state index in [0.717, 1.165) is 38.4 Å². The lowest BCUT2D eigenvalue weighted by atomic mass is 10.1. The van der Waals surface area contributed by atoms with E-state index in [2.05, 4.69) is 15.3 Å². The number of aromatic nitrogens is 2. The summed E-state index contributed by atoms with van der Waals surface area (Å²) in [6, 6.07) is 8.10. The summed E-state index contributed by atoms with van der Waals surface area (Å²) in [4.78, 5) is 23.1. The van der Waals surface area contributed by atoms with Gasteiger partial charge in [-0.05, 0) is 44.4 Å². The van der Waals surface area contributed by atoms with Crippen molar-refractivity contribution in [1.82, 2.24) is 15.3 Å². The third-order valence-electron chi connectivity index (χ3n) is 4.24. The minimum Gasteiger partial charge on any atom is -0.377 e. The lowest BCUT2D eigenvalue weighted by molar-refractivity contribution is 0.0954. The SMILES string of the molecule is CCOCc1ccc(CNC(=O)c2sc3nc(C)nc(C)c3c2C)cc1. The zero-order valence-electron chi connectivity index (χ0n) is 15.5. The number of carbonyl (C=O) groups is 1. The lowest BCUT2D eigenvalue weighted by Gasteiger charge is -2.06. The molecule has 3 rings (SSSR count). The predicted molar refractivity (Wildman–Crippen MR) is 105 cm³/mol. The first-order chi connectivity index (χ1) is 12.5. The van der Waals surface area contributed by atoms with Gasteiger partial charge in [0.15, 0.2) is 0 Å². The number of carbonyl (C=O) groups excluding carboxylic acids is 1. The van der Waals surface area contributed by atoms with Crippen LogP contribution in [0.4, 0.5) is 0 Å². The lowest BCUT2D eigenvalue weighted by Crippen LogP contribution is -2.22. The fourth-order valence-corrected chi connectivity index (χ4v) is 4.12. The number of nitrogens with one attached hydrogen (secondary N) is 1. The average Bonchev–Trinajstić information content (AvgIpc) is 2.95. The van der Waals surface area contributed by atoms with Crippen molar-refractivity contribution in [2.45, 2.75) is 40.8 Å². The Morgan fingerprint density at radius 3 is 2.50 bits per heavy atom. The Hall–Kier alpha value is -2.31. The van der Waals surface area contributed by atoms with E-state index < -0.39 is 0 Å². The topological polar surface area (TPSA) is 64.1 Å². The molecule has 26 heavy (non-hydrogen) atoms. The maximum atomic E-state index is 12.6. The molecule has 0 atom stereocenters. The van der Waals surface area contributed by atoms with Gasteiger partial charge in [0.05, 0.1) is 11.5 Å². The van der Waals surface area contributed by atoms with Crippen LogP contribution in [0.5, 0.6) is 0 Å². The van der Waals surface area contributed by atoms with Crippen LogP contribution in [-0.2, 0) is 17.9 Å². The molecular weight excluding hydrogens is 346 g/mol. The molecule has 3 aromatic rings. The number of amides is 1. The molecule has 0 fully saturated rings. The van der Waals surface area contributed by atoms with Crippen LogP contribution in [0.1, 0.15) is 44.8 Å². The van der Waals surface area contributed by atoms with Crippen molar-refractivity contribution in [3.63, 3.8) is 0 Å². The number of thiophene rings is 1. The van der Waals surface area contributed by atoms with Crippen molar-refractivity contribution in [1.29, 1.82) is 0 Å². The van der Waals surface area contributed by atoms with Crippen molar-refractivity contribution in [3.05, 3.63) is 57.4 Å². The van der Waals surface area contributed by atoms with Crippen LogP contribution in [0.15, 0.2) is 24.3 Å². The van der Waals surface area contributed by atoms with Crippen LogP contribution in [-0.4, -0.2) is 22.5 Å². The van der Waals surface area contributed by atoms with Crippen LogP contribution >= 0.6 is 11.3 Å². The molecule has 0 saturated heterocycles. The smallest absolute Gasteiger partial charge is 0.261 e. The fourth-order valence-electron chi connectivity index (χ4n) is 2.93. The van der Waals surface area contributed by atoms with Crippen molar-refractivity contribution in [2.75, 3.05) is 6.61 Å². The Morgan fingerprint density at radius 2 is 1.81 bits per heavy atom. The van der Waals surface area contributed by atoms with Gasteiger partial charge in [-0.25, -0.2) is 9.97 Å². The molecule has 0 aliphatic carbocycles. The highest BCUT2D eigenvalue weighted by atomic mass is 32.1. The number of hydrogen-bond acceptors (Lipinski definition) is 5. The Labute approximate surface area is 157 Å². The number of fused-ring (bicyclic) bond motifs is 1. The predicted octanol–water partition coefficient (Wildman–Crippen LogP) is 4.08. The first-order valence-electron chi connectivity index (χ1n) is 8.67. The van der Waals surface area contributed by atoms with Crippen LogP contribution in [0.25, 0.3) is 10.2 Å². The Balaban J connectivity index is 1.71. The molecule has 1 aromatic carbocycles. The number of hydrogen-bond donors (Lipinski definition) is 1. The zero-order valence-corrected chi connectivity index (χ0v) is 16.4. The number of rotatable bonds is 6. The van der Waals surface area contributed by atoms with Crippen molar-refractivity contribution in [2.24, 2.45) is 0 Å². The molecule has 0 aliphatic rings. The van der Waals surface area contributed by atoms with Gasteiger partial charge in [0, 0.05) is 24.2 Å². The second kappa shape index (κ2) is 7.93. The maximum absolute atomic E-state index is 12.6. The van der Waals surface area contributed by atoms with Crippen molar-refractivity contribution < 1.29 is 9.53 Å². The van der Waals surface area contributed by atoms with Crippen LogP contribution in [0.3, 0.4) is 0 Å². The molecule has 0 bridgehead atoms. The zero-order chi connectivity index (χ0) is 18.7. The van der Waals surface area contributed by atoms with Crippen LogP contribution in [0, 0.1) is 20.8 Å². The van der Waals surface area contributed by atoms with E-state index in [0.29, 0.717) is 24.6 Å². The first kappa shape index (κ1) is 18.5. The molecule has 0 unspecified atom stereocenters. The van der Waals surface area contributed by atoms with Gasteiger partial charge in [0.25, 0.3) is 5.91 Å². The van der Waals surface area contributed by atoms with Crippen molar-refractivity contribution >= 4 is 27.5 Å². The molecule has 1 N–H and O–H groups in total. The van der Waals surface area contributed by atoms with E-state index in [1.807, 2.05) is 52.0 Å². The number of nitrogens with zero attached hydrogens (tertiary/aromatic N) is 2. The van der Waals surface area contributed by atoms with Gasteiger partial charge >= 0.3 is 0 Å². The van der Waals surface area contributed by atoms with E-state index in [-0.39, 0.29) is 5.91 Å². The molecule has 0 aliphatic heterocycles. The van der Waals surface area contributed by atoms with Crippen LogP contribution < -0.4 is 5.32 Å². The van der Waals surface area contributed by atoms with Gasteiger partial charge in [-0.15, -0.1) is 11.3 Å². The molecule has 5 nitrogen and oxygen atoms in total. The fraction of sp³-hybridized carbons (Fsp3) is 0.350. The van der Waals surface area contributed by atoms with Gasteiger partial charge in [-0.2, -0.15) is 0 Å². The second-order valence-corrected chi connectivity index (χ2v) is 7.23. The summed E-state index contributed by atoms with van der Waals surface area (Å²) in [5.74, 6) is 0.663. The Morgan fingerprint density at radius 1 is 1.12 bits per heavy atom. The Bertz CT molecular complexity index is 932. The summed E-state index contributed by atoms with van der Waals surface area (Å²) < 4.78 is 5.40. The summed E-state index contributed by atoms with van der Waals surface area (Å²) in [6.45, 7) is 9.58. The number of aryl methyl sites for hydroxylation is 3. The van der Waals surface area contributed by atoms with Gasteiger partial charge in [-0.1, -0.05) is 24.3 Å². The van der Waals surface area contributed by atoms with Gasteiger partial charge in [-0.3, -0.25) is 4.79 Å². The minimum absolute atomic E-state index is 0.0686. The van der Waals surface area contributed by atoms with Crippen molar-refractivity contribution in [3.8, 4) is 0 Å². The number of benzene rings is 1. The summed E-state index contributed by atoms with van der Waals surface area (Å²) in [5.41, 5.74) is 4.06. The first-order valence-corrected chi connectivity index (χ1v) is 9.49. The molecule has 0 radical (unpaired) electrons. The average molecular weight is 369 g/mol. The quantitative estimate of drug-likeness (QED) is 0.711. The van der Waals surface area contributed by atoms with Gasteiger partial charge < -0.3 is 10.1 Å². The molecule has 136 valence electrons. The second-order valence-electron chi connectivity index (χ2n) is 6.23. The van der Waals surface area contributed by atoms with E-state index in [9.17, 15) is 4.79 Å². The van der Waals surface area contributed by atoms with Gasteiger partial charge in [0.2, 0.25) is 0 Å². The van der Waals surface area contributed by atoms with Crippen LogP contribution in [0.2, 0.25) is 0 Å². The third kappa shape index (κ3) is 3.92. The summed E-state index contributed by atoms with van der Waals surface area (Å²) in [6.07, 6.45) is 0. The highest BCUT2D eigenvalue weighted by molar-refractivity contribution is 7.20. The summed E-state index contributed by atoms with van der Waals surface area (Å²) >= 11 is 1.43. The van der Waals surface area contributed by atoms with Gasteiger partial charge in [0.1, 0.15) is 10.7 Å². The maximum Gasteiger partial charge on any atom is 0.261 e. The van der Waals surface area contributed by atoms with E-state index in [4.69, 9.17) is 4.74 Å². The monoisotopic (exact) mass is 369 g/mol. The molecular formula is C20H23N3O2S.